The van der Waals surface area contributed by atoms with Crippen LogP contribution in [0.25, 0.3) is 21.8 Å². The monoisotopic (exact) mass is 348 g/mol. The molecule has 0 aliphatic heterocycles. The van der Waals surface area contributed by atoms with Crippen molar-refractivity contribution in [3.8, 4) is 0 Å². The second-order valence-electron chi connectivity index (χ2n) is 8.24. The van der Waals surface area contributed by atoms with E-state index >= 15 is 0 Å². The third-order valence-corrected chi connectivity index (χ3v) is 6.26. The summed E-state index contributed by atoms with van der Waals surface area (Å²) in [5, 5.41) is 2.27. The Hall–Kier alpha value is -2.00. The van der Waals surface area contributed by atoms with Crippen molar-refractivity contribution in [2.75, 3.05) is 7.11 Å². The standard InChI is InChI=1S/C23H28N2O/c1-15(2)19-11-7-16(3)14-23(19,26-4)20-12-10-18-9-8-17-6-5-13-24-21(17)22(18)25-20/h5-6,8-10,12-13,15-16,19H,7,11,14H2,1-4H3/t16-,19+,23?/m1/s1. The maximum absolute atomic E-state index is 6.29. The Morgan fingerprint density at radius 1 is 1.04 bits per heavy atom. The molecule has 2 heterocycles. The minimum Gasteiger partial charge on any atom is -0.372 e. The number of nitrogens with zero attached hydrogens (tertiary/aromatic N) is 2. The number of rotatable bonds is 3. The molecule has 0 spiro atoms. The third-order valence-electron chi connectivity index (χ3n) is 6.26. The predicted molar refractivity (Wildman–Crippen MR) is 107 cm³/mol. The van der Waals surface area contributed by atoms with Crippen molar-refractivity contribution in [1.29, 1.82) is 0 Å². The van der Waals surface area contributed by atoms with Gasteiger partial charge in [0.25, 0.3) is 0 Å². The van der Waals surface area contributed by atoms with E-state index in [1.165, 1.54) is 12.8 Å². The van der Waals surface area contributed by atoms with Gasteiger partial charge in [-0.15, -0.1) is 0 Å². The van der Waals surface area contributed by atoms with Crippen molar-refractivity contribution in [2.24, 2.45) is 17.8 Å². The summed E-state index contributed by atoms with van der Waals surface area (Å²) in [7, 11) is 1.86. The van der Waals surface area contributed by atoms with Gasteiger partial charge >= 0.3 is 0 Å². The van der Waals surface area contributed by atoms with E-state index in [1.807, 2.05) is 19.4 Å². The molecular weight excluding hydrogens is 320 g/mol. The maximum Gasteiger partial charge on any atom is 0.113 e. The molecule has 0 bridgehead atoms. The zero-order valence-electron chi connectivity index (χ0n) is 16.2. The van der Waals surface area contributed by atoms with Crippen LogP contribution in [0.5, 0.6) is 0 Å². The number of aromatic nitrogens is 2. The SMILES string of the molecule is COC1(c2ccc3ccc4cccnc4c3n2)C[C@H](C)CC[C@H]1C(C)C. The second kappa shape index (κ2) is 6.62. The van der Waals surface area contributed by atoms with Gasteiger partial charge in [-0.25, -0.2) is 4.98 Å². The van der Waals surface area contributed by atoms with E-state index in [-0.39, 0.29) is 5.60 Å². The lowest BCUT2D eigenvalue weighted by Crippen LogP contribution is -2.45. The molecule has 1 aliphatic rings. The van der Waals surface area contributed by atoms with Crippen molar-refractivity contribution in [1.82, 2.24) is 9.97 Å². The van der Waals surface area contributed by atoms with Gasteiger partial charge in [0.2, 0.25) is 0 Å². The molecule has 3 nitrogen and oxygen atoms in total. The lowest BCUT2D eigenvalue weighted by Gasteiger charge is -2.47. The fourth-order valence-electron chi connectivity index (χ4n) is 4.93. The average Bonchev–Trinajstić information content (AvgIpc) is 2.67. The Labute approximate surface area is 155 Å². The van der Waals surface area contributed by atoms with Crippen LogP contribution in [0.15, 0.2) is 42.6 Å². The lowest BCUT2D eigenvalue weighted by atomic mass is 9.65. The lowest BCUT2D eigenvalue weighted by molar-refractivity contribution is -0.119. The van der Waals surface area contributed by atoms with Gasteiger partial charge in [-0.2, -0.15) is 0 Å². The molecule has 26 heavy (non-hydrogen) atoms. The molecule has 0 radical (unpaired) electrons. The first-order valence-corrected chi connectivity index (χ1v) is 9.75. The van der Waals surface area contributed by atoms with Crippen LogP contribution >= 0.6 is 0 Å². The molecule has 2 aromatic heterocycles. The van der Waals surface area contributed by atoms with Crippen molar-refractivity contribution in [2.45, 2.75) is 45.6 Å². The van der Waals surface area contributed by atoms with E-state index in [2.05, 4.69) is 56.1 Å². The molecule has 3 heteroatoms. The molecule has 1 saturated carbocycles. The molecule has 4 rings (SSSR count). The fraction of sp³-hybridized carbons (Fsp3) is 0.478. The van der Waals surface area contributed by atoms with Crippen LogP contribution in [0, 0.1) is 17.8 Å². The van der Waals surface area contributed by atoms with Crippen LogP contribution in [0.4, 0.5) is 0 Å². The Bertz CT molecular complexity index is 936. The molecule has 0 amide bonds. The van der Waals surface area contributed by atoms with Gasteiger partial charge < -0.3 is 4.74 Å². The molecule has 0 N–H and O–H groups in total. The third kappa shape index (κ3) is 2.69. The van der Waals surface area contributed by atoms with Gasteiger partial charge in [0.1, 0.15) is 5.60 Å². The second-order valence-corrected chi connectivity index (χ2v) is 8.24. The summed E-state index contributed by atoms with van der Waals surface area (Å²) in [4.78, 5) is 9.76. The Morgan fingerprint density at radius 2 is 1.77 bits per heavy atom. The summed E-state index contributed by atoms with van der Waals surface area (Å²) in [5.74, 6) is 1.69. The van der Waals surface area contributed by atoms with Gasteiger partial charge in [-0.05, 0) is 42.7 Å². The van der Waals surface area contributed by atoms with Crippen LogP contribution in [0.3, 0.4) is 0 Å². The van der Waals surface area contributed by atoms with Gasteiger partial charge in [0, 0.05) is 24.1 Å². The molecule has 136 valence electrons. The first-order valence-electron chi connectivity index (χ1n) is 9.75. The van der Waals surface area contributed by atoms with Gasteiger partial charge in [0.15, 0.2) is 0 Å². The summed E-state index contributed by atoms with van der Waals surface area (Å²) in [6.45, 7) is 6.96. The summed E-state index contributed by atoms with van der Waals surface area (Å²) in [5.41, 5.74) is 2.72. The Morgan fingerprint density at radius 3 is 2.50 bits per heavy atom. The van der Waals surface area contributed by atoms with Gasteiger partial charge in [-0.1, -0.05) is 51.5 Å². The fourth-order valence-corrected chi connectivity index (χ4v) is 4.93. The normalized spacial score (nSPS) is 26.7. The van der Waals surface area contributed by atoms with Gasteiger partial charge in [0.05, 0.1) is 16.7 Å². The number of hydrogen-bond acceptors (Lipinski definition) is 3. The van der Waals surface area contributed by atoms with E-state index < -0.39 is 0 Å². The molecular formula is C23H28N2O. The Balaban J connectivity index is 1.94. The minimum atomic E-state index is -0.309. The zero-order valence-corrected chi connectivity index (χ0v) is 16.2. The molecule has 1 aromatic carbocycles. The first-order chi connectivity index (χ1) is 12.5. The van der Waals surface area contributed by atoms with Crippen molar-refractivity contribution < 1.29 is 4.74 Å². The largest absolute Gasteiger partial charge is 0.372 e. The van der Waals surface area contributed by atoms with Crippen LogP contribution in [0.2, 0.25) is 0 Å². The maximum atomic E-state index is 6.29. The van der Waals surface area contributed by atoms with Gasteiger partial charge in [-0.3, -0.25) is 4.98 Å². The number of pyridine rings is 2. The summed E-state index contributed by atoms with van der Waals surface area (Å²) < 4.78 is 6.29. The summed E-state index contributed by atoms with van der Waals surface area (Å²) in [6, 6.07) is 12.7. The molecule has 1 aliphatic carbocycles. The zero-order chi connectivity index (χ0) is 18.3. The summed E-state index contributed by atoms with van der Waals surface area (Å²) >= 11 is 0. The van der Waals surface area contributed by atoms with Crippen molar-refractivity contribution >= 4 is 21.8 Å². The number of benzene rings is 1. The van der Waals surface area contributed by atoms with Crippen LogP contribution in [-0.2, 0) is 10.3 Å². The van der Waals surface area contributed by atoms with Crippen LogP contribution in [0.1, 0.15) is 45.7 Å². The number of methoxy groups -OCH3 is 1. The number of hydrogen-bond donors (Lipinski definition) is 0. The highest BCUT2D eigenvalue weighted by molar-refractivity contribution is 6.02. The van der Waals surface area contributed by atoms with E-state index in [4.69, 9.17) is 9.72 Å². The highest BCUT2D eigenvalue weighted by Gasteiger charge is 2.47. The quantitative estimate of drug-likeness (QED) is 0.568. The molecule has 3 aromatic rings. The van der Waals surface area contributed by atoms with E-state index in [9.17, 15) is 0 Å². The Kier molecular flexibility index (Phi) is 4.44. The van der Waals surface area contributed by atoms with Crippen molar-refractivity contribution in [3.05, 3.63) is 48.3 Å². The first kappa shape index (κ1) is 17.4. The van der Waals surface area contributed by atoms with Crippen molar-refractivity contribution in [3.63, 3.8) is 0 Å². The highest BCUT2D eigenvalue weighted by atomic mass is 16.5. The van der Waals surface area contributed by atoms with E-state index in [0.29, 0.717) is 17.8 Å². The molecule has 0 saturated heterocycles. The summed E-state index contributed by atoms with van der Waals surface area (Å²) in [6.07, 6.45) is 5.34. The average molecular weight is 348 g/mol. The minimum absolute atomic E-state index is 0.309. The number of fused-ring (bicyclic) bond motifs is 3. The predicted octanol–water partition coefficient (Wildman–Crippen LogP) is 5.72. The van der Waals surface area contributed by atoms with E-state index in [1.54, 1.807) is 0 Å². The van der Waals surface area contributed by atoms with E-state index in [0.717, 1.165) is 33.9 Å². The molecule has 3 atom stereocenters. The topological polar surface area (TPSA) is 35.0 Å². The van der Waals surface area contributed by atoms with Crippen LogP contribution in [-0.4, -0.2) is 17.1 Å². The smallest absolute Gasteiger partial charge is 0.113 e. The molecule has 1 fully saturated rings. The number of ether oxygens (including phenoxy) is 1. The van der Waals surface area contributed by atoms with Crippen LogP contribution < -0.4 is 0 Å². The molecule has 1 unspecified atom stereocenters. The highest BCUT2D eigenvalue weighted by Crippen LogP contribution is 2.49.